The molecule has 0 spiro atoms. The van der Waals surface area contributed by atoms with E-state index in [1.54, 1.807) is 11.3 Å². The smallest absolute Gasteiger partial charge is 0.201 e. The van der Waals surface area contributed by atoms with Crippen molar-refractivity contribution in [3.8, 4) is 0 Å². The fourth-order valence-corrected chi connectivity index (χ4v) is 2.76. The molecule has 86 valence electrons. The van der Waals surface area contributed by atoms with Gasteiger partial charge in [0, 0.05) is 4.88 Å². The Morgan fingerprint density at radius 2 is 2.18 bits per heavy atom. The second kappa shape index (κ2) is 4.05. The van der Waals surface area contributed by atoms with E-state index in [1.165, 1.54) is 4.88 Å². The lowest BCUT2D eigenvalue weighted by Gasteiger charge is -2.04. The minimum absolute atomic E-state index is 0.501. The molecule has 0 aliphatic heterocycles. The number of nitrogen functional groups attached to an aromatic ring is 1. The van der Waals surface area contributed by atoms with Gasteiger partial charge in [-0.3, -0.25) is 0 Å². The van der Waals surface area contributed by atoms with Gasteiger partial charge in [0.15, 0.2) is 0 Å². The Labute approximate surface area is 107 Å². The molecule has 2 aromatic heterocycles. The summed E-state index contributed by atoms with van der Waals surface area (Å²) in [6.07, 6.45) is 0. The number of para-hydroxylation sites is 1. The van der Waals surface area contributed by atoms with E-state index in [1.807, 2.05) is 28.8 Å². The van der Waals surface area contributed by atoms with Crippen LogP contribution in [0, 0.1) is 0 Å². The van der Waals surface area contributed by atoms with Crippen LogP contribution in [0.15, 0.2) is 35.7 Å². The van der Waals surface area contributed by atoms with Crippen LogP contribution in [0.5, 0.6) is 0 Å². The van der Waals surface area contributed by atoms with Crippen molar-refractivity contribution in [1.29, 1.82) is 0 Å². The molecule has 0 fully saturated rings. The molecule has 17 heavy (non-hydrogen) atoms. The van der Waals surface area contributed by atoms with Crippen molar-refractivity contribution < 1.29 is 0 Å². The maximum Gasteiger partial charge on any atom is 0.201 e. The summed E-state index contributed by atoms with van der Waals surface area (Å²) in [5.74, 6) is 0.501. The number of fused-ring (bicyclic) bond motifs is 1. The van der Waals surface area contributed by atoms with E-state index in [0.29, 0.717) is 11.0 Å². The van der Waals surface area contributed by atoms with E-state index in [-0.39, 0.29) is 0 Å². The van der Waals surface area contributed by atoms with Crippen LogP contribution in [-0.2, 0) is 6.54 Å². The number of nitrogens with zero attached hydrogens (tertiary/aromatic N) is 2. The van der Waals surface area contributed by atoms with Gasteiger partial charge in [-0.1, -0.05) is 23.7 Å². The Morgan fingerprint density at radius 3 is 2.94 bits per heavy atom. The molecule has 0 aliphatic carbocycles. The monoisotopic (exact) mass is 263 g/mol. The molecule has 2 heterocycles. The first-order chi connectivity index (χ1) is 8.25. The van der Waals surface area contributed by atoms with Crippen molar-refractivity contribution in [3.05, 3.63) is 45.6 Å². The molecule has 3 rings (SSSR count). The summed E-state index contributed by atoms with van der Waals surface area (Å²) < 4.78 is 1.98. The van der Waals surface area contributed by atoms with Gasteiger partial charge in [0.2, 0.25) is 5.95 Å². The third kappa shape index (κ3) is 1.79. The summed E-state index contributed by atoms with van der Waals surface area (Å²) in [6, 6.07) is 9.84. The Bertz CT molecular complexity index is 658. The third-order valence-corrected chi connectivity index (χ3v) is 3.82. The summed E-state index contributed by atoms with van der Waals surface area (Å²) in [5.41, 5.74) is 7.68. The molecule has 0 atom stereocenters. The molecular weight excluding hydrogens is 254 g/mol. The number of imidazole rings is 1. The molecule has 1 aromatic carbocycles. The predicted octanol–water partition coefficient (Wildman–Crippen LogP) is 3.38. The first kappa shape index (κ1) is 10.6. The molecule has 0 amide bonds. The zero-order valence-corrected chi connectivity index (χ0v) is 10.5. The van der Waals surface area contributed by atoms with Gasteiger partial charge in [-0.05, 0) is 23.6 Å². The number of thiophene rings is 1. The third-order valence-electron chi connectivity index (χ3n) is 2.65. The summed E-state index contributed by atoms with van der Waals surface area (Å²) in [4.78, 5) is 5.55. The number of halogens is 1. The standard InChI is InChI=1S/C12H10ClN3S/c13-9-4-1-5-10-11(9)15-12(14)16(10)7-8-3-2-6-17-8/h1-6H,7H2,(H2,14,15). The molecule has 0 bridgehead atoms. The van der Waals surface area contributed by atoms with Gasteiger partial charge in [-0.25, -0.2) is 4.98 Å². The number of hydrogen-bond acceptors (Lipinski definition) is 3. The average Bonchev–Trinajstić information content (AvgIpc) is 2.91. The topological polar surface area (TPSA) is 43.8 Å². The SMILES string of the molecule is Nc1nc2c(Cl)cccc2n1Cc1cccs1. The molecule has 2 N–H and O–H groups in total. The van der Waals surface area contributed by atoms with Crippen LogP contribution in [0.2, 0.25) is 5.02 Å². The van der Waals surface area contributed by atoms with Crippen LogP contribution in [0.4, 0.5) is 5.95 Å². The first-order valence-electron chi connectivity index (χ1n) is 5.18. The highest BCUT2D eigenvalue weighted by Gasteiger charge is 2.10. The van der Waals surface area contributed by atoms with E-state index in [0.717, 1.165) is 17.6 Å². The number of rotatable bonds is 2. The van der Waals surface area contributed by atoms with Gasteiger partial charge in [-0.15, -0.1) is 11.3 Å². The lowest BCUT2D eigenvalue weighted by molar-refractivity contribution is 0.853. The molecule has 0 unspecified atom stereocenters. The van der Waals surface area contributed by atoms with Gasteiger partial charge in [-0.2, -0.15) is 0 Å². The average molecular weight is 264 g/mol. The van der Waals surface area contributed by atoms with Crippen molar-refractivity contribution in [1.82, 2.24) is 9.55 Å². The van der Waals surface area contributed by atoms with Gasteiger partial charge in [0.05, 0.1) is 17.1 Å². The minimum atomic E-state index is 0.501. The van der Waals surface area contributed by atoms with Gasteiger partial charge in [0.25, 0.3) is 0 Å². The van der Waals surface area contributed by atoms with Gasteiger partial charge in [0.1, 0.15) is 5.52 Å². The number of benzene rings is 1. The van der Waals surface area contributed by atoms with Gasteiger partial charge >= 0.3 is 0 Å². The quantitative estimate of drug-likeness (QED) is 0.770. The molecule has 3 aromatic rings. The Hall–Kier alpha value is -1.52. The van der Waals surface area contributed by atoms with E-state index in [2.05, 4.69) is 16.4 Å². The second-order valence-electron chi connectivity index (χ2n) is 3.74. The summed E-state index contributed by atoms with van der Waals surface area (Å²) in [6.45, 7) is 0.736. The molecule has 0 aliphatic rings. The van der Waals surface area contributed by atoms with Crippen molar-refractivity contribution in [2.45, 2.75) is 6.54 Å². The summed E-state index contributed by atoms with van der Waals surface area (Å²) in [5, 5.41) is 2.69. The van der Waals surface area contributed by atoms with Crippen molar-refractivity contribution in [2.24, 2.45) is 0 Å². The molecule has 3 nitrogen and oxygen atoms in total. The number of hydrogen-bond donors (Lipinski definition) is 1. The number of aromatic nitrogens is 2. The zero-order chi connectivity index (χ0) is 11.8. The fraction of sp³-hybridized carbons (Fsp3) is 0.0833. The molecule has 0 radical (unpaired) electrons. The van der Waals surface area contributed by atoms with Crippen LogP contribution in [-0.4, -0.2) is 9.55 Å². The Balaban J connectivity index is 2.16. The molecule has 0 saturated carbocycles. The van der Waals surface area contributed by atoms with Crippen LogP contribution in [0.25, 0.3) is 11.0 Å². The van der Waals surface area contributed by atoms with Gasteiger partial charge < -0.3 is 10.3 Å². The highest BCUT2D eigenvalue weighted by Crippen LogP contribution is 2.26. The van der Waals surface area contributed by atoms with Crippen LogP contribution in [0.1, 0.15) is 4.88 Å². The second-order valence-corrected chi connectivity index (χ2v) is 5.18. The maximum atomic E-state index is 6.10. The lowest BCUT2D eigenvalue weighted by Crippen LogP contribution is -2.03. The van der Waals surface area contributed by atoms with E-state index < -0.39 is 0 Å². The van der Waals surface area contributed by atoms with E-state index in [4.69, 9.17) is 17.3 Å². The van der Waals surface area contributed by atoms with Crippen molar-refractivity contribution >= 4 is 39.9 Å². The van der Waals surface area contributed by atoms with E-state index in [9.17, 15) is 0 Å². The highest BCUT2D eigenvalue weighted by molar-refractivity contribution is 7.09. The molecular formula is C12H10ClN3S. The minimum Gasteiger partial charge on any atom is -0.369 e. The highest BCUT2D eigenvalue weighted by atomic mass is 35.5. The van der Waals surface area contributed by atoms with Crippen LogP contribution < -0.4 is 5.73 Å². The number of anilines is 1. The predicted molar refractivity (Wildman–Crippen MR) is 72.6 cm³/mol. The number of nitrogens with two attached hydrogens (primary N) is 1. The fourth-order valence-electron chi connectivity index (χ4n) is 1.86. The van der Waals surface area contributed by atoms with Crippen molar-refractivity contribution in [2.75, 3.05) is 5.73 Å². The lowest BCUT2D eigenvalue weighted by atomic mass is 10.3. The summed E-state index contributed by atoms with van der Waals surface area (Å²) in [7, 11) is 0. The van der Waals surface area contributed by atoms with Crippen molar-refractivity contribution in [3.63, 3.8) is 0 Å². The molecule has 5 heteroatoms. The normalized spacial score (nSPS) is 11.1. The maximum absolute atomic E-state index is 6.10. The van der Waals surface area contributed by atoms with Crippen LogP contribution in [0.3, 0.4) is 0 Å². The van der Waals surface area contributed by atoms with Crippen LogP contribution >= 0.6 is 22.9 Å². The van der Waals surface area contributed by atoms with E-state index >= 15 is 0 Å². The zero-order valence-electron chi connectivity index (χ0n) is 8.93. The summed E-state index contributed by atoms with van der Waals surface area (Å²) >= 11 is 7.80. The largest absolute Gasteiger partial charge is 0.369 e. The Kier molecular flexibility index (Phi) is 2.53. The first-order valence-corrected chi connectivity index (χ1v) is 6.44. The Morgan fingerprint density at radius 1 is 1.29 bits per heavy atom. The molecule has 0 saturated heterocycles.